The zero-order valence-electron chi connectivity index (χ0n) is 17.7. The molecule has 0 radical (unpaired) electrons. The quantitative estimate of drug-likeness (QED) is 0.230. The molecule has 0 aromatic carbocycles. The lowest BCUT2D eigenvalue weighted by Crippen LogP contribution is -2.42. The van der Waals surface area contributed by atoms with Gasteiger partial charge in [-0.15, -0.1) is 0 Å². The monoisotopic (exact) mass is 394 g/mol. The summed E-state index contributed by atoms with van der Waals surface area (Å²) in [5.74, 6) is 4.60. The lowest BCUT2D eigenvalue weighted by atomic mass is 9.99. The molecule has 1 fully saturated rings. The lowest BCUT2D eigenvalue weighted by Gasteiger charge is -2.37. The predicted octanol–water partition coefficient (Wildman–Crippen LogP) is 5.79. The van der Waals surface area contributed by atoms with Crippen LogP contribution in [0.2, 0.25) is 0 Å². The van der Waals surface area contributed by atoms with Gasteiger partial charge in [0.1, 0.15) is 6.10 Å². The fourth-order valence-corrected chi connectivity index (χ4v) is 3.30. The fourth-order valence-electron chi connectivity index (χ4n) is 3.30. The molecule has 1 N–H and O–H groups in total. The van der Waals surface area contributed by atoms with Crippen LogP contribution in [0, 0.1) is 11.8 Å². The number of carboxylic acids is 1. The molecule has 160 valence electrons. The third-order valence-corrected chi connectivity index (χ3v) is 5.09. The summed E-state index contributed by atoms with van der Waals surface area (Å²) in [5.41, 5.74) is 0. The second kappa shape index (κ2) is 15.6. The van der Waals surface area contributed by atoms with Crippen LogP contribution >= 0.6 is 0 Å². The summed E-state index contributed by atoms with van der Waals surface area (Å²) in [4.78, 5) is 21.3. The zero-order valence-corrected chi connectivity index (χ0v) is 17.7. The summed E-state index contributed by atoms with van der Waals surface area (Å²) < 4.78 is 5.49. The Balaban J connectivity index is 2.09. The SMILES string of the molecule is CCCCCCCCCC=CC#CCCCC1(OC)CCC(CC(=O)O)OO1. The second-order valence-electron chi connectivity index (χ2n) is 7.54. The average Bonchev–Trinajstić information content (AvgIpc) is 2.69. The molecule has 1 heterocycles. The number of carbonyl (C=O) groups is 1. The molecule has 5 nitrogen and oxygen atoms in total. The second-order valence-corrected chi connectivity index (χ2v) is 7.54. The van der Waals surface area contributed by atoms with Gasteiger partial charge in [0.05, 0.1) is 6.42 Å². The summed E-state index contributed by atoms with van der Waals surface area (Å²) in [7, 11) is 1.60. The Bertz CT molecular complexity index is 495. The number of carboxylic acid groups (broad SMARTS) is 1. The van der Waals surface area contributed by atoms with Crippen LogP contribution in [0.15, 0.2) is 12.2 Å². The summed E-state index contributed by atoms with van der Waals surface area (Å²) in [6, 6.07) is 0. The Morgan fingerprint density at radius 2 is 1.96 bits per heavy atom. The number of unbranched alkanes of at least 4 members (excludes halogenated alkanes) is 8. The van der Waals surface area contributed by atoms with Crippen molar-refractivity contribution in [1.82, 2.24) is 0 Å². The van der Waals surface area contributed by atoms with Gasteiger partial charge in [-0.2, -0.15) is 0 Å². The molecule has 1 aliphatic rings. The molecule has 28 heavy (non-hydrogen) atoms. The molecule has 0 bridgehead atoms. The van der Waals surface area contributed by atoms with E-state index in [0.717, 1.165) is 19.3 Å². The van der Waals surface area contributed by atoms with Gasteiger partial charge in [0.25, 0.3) is 0 Å². The predicted molar refractivity (Wildman–Crippen MR) is 111 cm³/mol. The van der Waals surface area contributed by atoms with E-state index in [1.165, 1.54) is 44.9 Å². The van der Waals surface area contributed by atoms with Crippen molar-refractivity contribution in [2.45, 2.75) is 109 Å². The van der Waals surface area contributed by atoms with Crippen LogP contribution in [0.25, 0.3) is 0 Å². The Kier molecular flexibility index (Phi) is 13.7. The van der Waals surface area contributed by atoms with Crippen molar-refractivity contribution in [3.05, 3.63) is 12.2 Å². The maximum absolute atomic E-state index is 10.7. The highest BCUT2D eigenvalue weighted by Crippen LogP contribution is 2.33. The van der Waals surface area contributed by atoms with Gasteiger partial charge in [0.15, 0.2) is 0 Å². The van der Waals surface area contributed by atoms with Gasteiger partial charge in [-0.3, -0.25) is 4.79 Å². The van der Waals surface area contributed by atoms with Crippen molar-refractivity contribution < 1.29 is 24.4 Å². The van der Waals surface area contributed by atoms with Crippen LogP contribution in [0.4, 0.5) is 0 Å². The highest BCUT2D eigenvalue weighted by molar-refractivity contribution is 5.67. The number of hydrogen-bond donors (Lipinski definition) is 1. The van der Waals surface area contributed by atoms with Gasteiger partial charge in [0.2, 0.25) is 5.79 Å². The largest absolute Gasteiger partial charge is 0.481 e. The van der Waals surface area contributed by atoms with Gasteiger partial charge in [-0.1, -0.05) is 63.4 Å². The molecule has 2 unspecified atom stereocenters. The smallest absolute Gasteiger partial charge is 0.306 e. The Morgan fingerprint density at radius 1 is 1.21 bits per heavy atom. The minimum atomic E-state index is -0.881. The van der Waals surface area contributed by atoms with E-state index in [1.807, 2.05) is 6.08 Å². The van der Waals surface area contributed by atoms with Crippen LogP contribution in [0.5, 0.6) is 0 Å². The van der Waals surface area contributed by atoms with E-state index in [4.69, 9.17) is 19.6 Å². The van der Waals surface area contributed by atoms with E-state index in [0.29, 0.717) is 19.3 Å². The van der Waals surface area contributed by atoms with E-state index in [9.17, 15) is 4.79 Å². The van der Waals surface area contributed by atoms with Crippen molar-refractivity contribution in [2.75, 3.05) is 7.11 Å². The molecule has 0 saturated carbocycles. The molecule has 5 heteroatoms. The maximum Gasteiger partial charge on any atom is 0.306 e. The van der Waals surface area contributed by atoms with E-state index in [-0.39, 0.29) is 6.42 Å². The molecular formula is C23H38O5. The van der Waals surface area contributed by atoms with Crippen LogP contribution < -0.4 is 0 Å². The molecule has 0 aromatic rings. The fraction of sp³-hybridized carbons (Fsp3) is 0.783. The molecule has 0 amide bonds. The highest BCUT2D eigenvalue weighted by atomic mass is 17.2. The van der Waals surface area contributed by atoms with Crippen molar-refractivity contribution in [3.8, 4) is 11.8 Å². The number of rotatable bonds is 14. The number of hydrogen-bond acceptors (Lipinski definition) is 4. The van der Waals surface area contributed by atoms with Crippen molar-refractivity contribution in [3.63, 3.8) is 0 Å². The highest BCUT2D eigenvalue weighted by Gasteiger charge is 2.38. The van der Waals surface area contributed by atoms with Crippen molar-refractivity contribution in [2.24, 2.45) is 0 Å². The molecule has 2 atom stereocenters. The number of methoxy groups -OCH3 is 1. The maximum atomic E-state index is 10.7. The summed E-state index contributed by atoms with van der Waals surface area (Å²) in [6.07, 6.45) is 17.7. The summed E-state index contributed by atoms with van der Waals surface area (Å²) in [6.45, 7) is 2.25. The number of allylic oxidation sites excluding steroid dienone is 2. The van der Waals surface area contributed by atoms with Crippen LogP contribution in [0.3, 0.4) is 0 Å². The molecule has 1 aliphatic heterocycles. The first-order valence-corrected chi connectivity index (χ1v) is 10.9. The van der Waals surface area contributed by atoms with Crippen LogP contribution in [0.1, 0.15) is 96.8 Å². The van der Waals surface area contributed by atoms with Crippen LogP contribution in [-0.4, -0.2) is 30.1 Å². The van der Waals surface area contributed by atoms with Gasteiger partial charge >= 0.3 is 5.97 Å². The van der Waals surface area contributed by atoms with Crippen LogP contribution in [-0.2, 0) is 19.3 Å². The molecule has 0 aromatic heterocycles. The molecule has 1 saturated heterocycles. The topological polar surface area (TPSA) is 65.0 Å². The van der Waals surface area contributed by atoms with E-state index in [2.05, 4.69) is 24.8 Å². The molecule has 1 rings (SSSR count). The van der Waals surface area contributed by atoms with E-state index in [1.54, 1.807) is 7.11 Å². The molecule has 0 spiro atoms. The van der Waals surface area contributed by atoms with E-state index < -0.39 is 17.9 Å². The molecule has 0 aliphatic carbocycles. The normalized spacial score (nSPS) is 22.1. The average molecular weight is 395 g/mol. The Morgan fingerprint density at radius 3 is 2.61 bits per heavy atom. The van der Waals surface area contributed by atoms with E-state index >= 15 is 0 Å². The standard InChI is InChI=1S/C23H38O5/c1-3-4-5-6-7-8-9-10-11-12-13-14-15-16-18-23(26-2)19-17-21(27-28-23)20-22(24)25/h11-12,21H,3-10,15-20H2,1-2H3,(H,24,25). The Labute approximate surface area is 170 Å². The number of ether oxygens (including phenoxy) is 1. The van der Waals surface area contributed by atoms with Gasteiger partial charge in [-0.25, -0.2) is 9.78 Å². The van der Waals surface area contributed by atoms with Gasteiger partial charge in [0, 0.05) is 26.4 Å². The lowest BCUT2D eigenvalue weighted by molar-refractivity contribution is -0.466. The van der Waals surface area contributed by atoms with Gasteiger partial charge < -0.3 is 9.84 Å². The third kappa shape index (κ3) is 11.5. The molecular weight excluding hydrogens is 356 g/mol. The van der Waals surface area contributed by atoms with Crippen molar-refractivity contribution >= 4 is 5.97 Å². The first-order chi connectivity index (χ1) is 13.6. The zero-order chi connectivity index (χ0) is 20.5. The van der Waals surface area contributed by atoms with Crippen molar-refractivity contribution in [1.29, 1.82) is 0 Å². The first-order valence-electron chi connectivity index (χ1n) is 10.9. The third-order valence-electron chi connectivity index (χ3n) is 5.09. The minimum absolute atomic E-state index is 0.0452. The van der Waals surface area contributed by atoms with Gasteiger partial charge in [-0.05, 0) is 31.8 Å². The summed E-state index contributed by atoms with van der Waals surface area (Å²) >= 11 is 0. The minimum Gasteiger partial charge on any atom is -0.481 e. The first kappa shape index (κ1) is 24.7. The summed E-state index contributed by atoms with van der Waals surface area (Å²) in [5, 5.41) is 8.81. The number of aliphatic carboxylic acids is 1. The Hall–Kier alpha value is -1.35.